The zero-order chi connectivity index (χ0) is 30.7. The quantitative estimate of drug-likeness (QED) is 0.326. The van der Waals surface area contributed by atoms with Crippen molar-refractivity contribution < 1.29 is 19.1 Å². The highest BCUT2D eigenvalue weighted by Crippen LogP contribution is 2.41. The van der Waals surface area contributed by atoms with Gasteiger partial charge >= 0.3 is 0 Å². The summed E-state index contributed by atoms with van der Waals surface area (Å²) in [6.45, 7) is 7.46. The third kappa shape index (κ3) is 4.94. The number of carbonyl (C=O) groups excluding carboxylic acids is 2. The summed E-state index contributed by atoms with van der Waals surface area (Å²) >= 11 is 0. The molecule has 3 aromatic heterocycles. The molecule has 5 heterocycles. The van der Waals surface area contributed by atoms with Gasteiger partial charge in [0.1, 0.15) is 23.1 Å². The van der Waals surface area contributed by atoms with Crippen LogP contribution in [0.25, 0.3) is 27.8 Å². The van der Waals surface area contributed by atoms with Crippen LogP contribution in [0.1, 0.15) is 60.0 Å². The topological polar surface area (TPSA) is 107 Å². The van der Waals surface area contributed by atoms with Crippen LogP contribution >= 0.6 is 0 Å². The van der Waals surface area contributed by atoms with E-state index in [2.05, 4.69) is 35.8 Å². The lowest BCUT2D eigenvalue weighted by Gasteiger charge is -2.41. The van der Waals surface area contributed by atoms with Crippen LogP contribution in [-0.2, 0) is 16.1 Å². The molecule has 3 fully saturated rings. The highest BCUT2D eigenvalue weighted by molar-refractivity contribution is 5.96. The molecule has 4 aromatic rings. The van der Waals surface area contributed by atoms with Crippen LogP contribution < -0.4 is 10.5 Å². The highest BCUT2D eigenvalue weighted by atomic mass is 16.5. The van der Waals surface area contributed by atoms with E-state index in [1.807, 2.05) is 26.6 Å². The number of aromatic nitrogens is 3. The normalized spacial score (nSPS) is 19.9. The zero-order valence-corrected chi connectivity index (χ0v) is 26.1. The lowest BCUT2D eigenvalue weighted by atomic mass is 9.89. The van der Waals surface area contributed by atoms with Crippen molar-refractivity contribution in [3.8, 4) is 17.1 Å². The molecule has 10 nitrogen and oxygen atoms in total. The Morgan fingerprint density at radius 1 is 1.07 bits per heavy atom. The third-order valence-electron chi connectivity index (χ3n) is 9.81. The molecule has 2 saturated heterocycles. The van der Waals surface area contributed by atoms with E-state index in [1.54, 1.807) is 21.1 Å². The van der Waals surface area contributed by atoms with Gasteiger partial charge in [0.2, 0.25) is 0 Å². The molecule has 2 amide bonds. The first-order valence-electron chi connectivity index (χ1n) is 15.8. The number of para-hydroxylation sites is 1. The number of fused-ring (bicyclic) bond motifs is 2. The Bertz CT molecular complexity index is 1750. The van der Waals surface area contributed by atoms with E-state index in [-0.39, 0.29) is 23.8 Å². The van der Waals surface area contributed by atoms with E-state index >= 15 is 0 Å². The van der Waals surface area contributed by atoms with Gasteiger partial charge in [-0.05, 0) is 63.1 Å². The number of hydrogen-bond acceptors (Lipinski definition) is 6. The van der Waals surface area contributed by atoms with Gasteiger partial charge in [-0.15, -0.1) is 0 Å². The molecule has 232 valence electrons. The maximum atomic E-state index is 13.5. The molecular formula is C34H42N6O4. The predicted molar refractivity (Wildman–Crippen MR) is 169 cm³/mol. The first-order valence-corrected chi connectivity index (χ1v) is 15.8. The van der Waals surface area contributed by atoms with Crippen LogP contribution in [-0.4, -0.2) is 88.3 Å². The van der Waals surface area contributed by atoms with Crippen LogP contribution in [0.2, 0.25) is 0 Å². The van der Waals surface area contributed by atoms with Gasteiger partial charge in [0, 0.05) is 68.9 Å². The second kappa shape index (κ2) is 11.2. The number of pyridine rings is 1. The zero-order valence-electron chi connectivity index (χ0n) is 26.1. The molecule has 0 radical (unpaired) electrons. The van der Waals surface area contributed by atoms with Crippen LogP contribution in [0, 0.1) is 12.8 Å². The van der Waals surface area contributed by atoms with Gasteiger partial charge in [-0.25, -0.2) is 4.52 Å². The molecule has 10 heteroatoms. The maximum absolute atomic E-state index is 13.5. The Morgan fingerprint density at radius 3 is 2.57 bits per heavy atom. The second-order valence-corrected chi connectivity index (χ2v) is 12.9. The summed E-state index contributed by atoms with van der Waals surface area (Å²) < 4.78 is 15.4. The van der Waals surface area contributed by atoms with Gasteiger partial charge < -0.3 is 29.6 Å². The molecule has 2 aliphatic heterocycles. The van der Waals surface area contributed by atoms with Crippen molar-refractivity contribution in [3.63, 3.8) is 0 Å². The number of benzene rings is 1. The van der Waals surface area contributed by atoms with E-state index < -0.39 is 6.10 Å². The van der Waals surface area contributed by atoms with Crippen molar-refractivity contribution >= 4 is 28.2 Å². The average Bonchev–Trinajstić information content (AvgIpc) is 3.67. The van der Waals surface area contributed by atoms with Crippen molar-refractivity contribution in [1.82, 2.24) is 24.0 Å². The first-order chi connectivity index (χ1) is 21.3. The molecule has 2 N–H and O–H groups in total. The number of hydrogen-bond donors (Lipinski definition) is 1. The molecule has 0 bridgehead atoms. The third-order valence-corrected chi connectivity index (χ3v) is 9.81. The van der Waals surface area contributed by atoms with Gasteiger partial charge in [0.15, 0.2) is 0 Å². The predicted octanol–water partition coefficient (Wildman–Crippen LogP) is 4.21. The monoisotopic (exact) mass is 598 g/mol. The summed E-state index contributed by atoms with van der Waals surface area (Å²) in [5, 5.41) is 6.28. The SMILES string of the molecule is COc1cc(C(=O)N2CCC[C@@H](N)C2)cn2nc(-c3cc4cccc(C5CN(C(=O)[C@@H](C)OC)C5)c4n3CC3CC3)c(C)c12. The van der Waals surface area contributed by atoms with E-state index in [9.17, 15) is 9.59 Å². The number of methoxy groups -OCH3 is 2. The van der Waals surface area contributed by atoms with Crippen molar-refractivity contribution in [1.29, 1.82) is 0 Å². The Morgan fingerprint density at radius 2 is 1.86 bits per heavy atom. The lowest BCUT2D eigenvalue weighted by molar-refractivity contribution is -0.145. The van der Waals surface area contributed by atoms with E-state index in [0.29, 0.717) is 43.4 Å². The summed E-state index contributed by atoms with van der Waals surface area (Å²) in [6.07, 6.45) is 5.70. The highest BCUT2D eigenvalue weighted by Gasteiger charge is 2.36. The molecule has 1 saturated carbocycles. The standard InChI is InChI=1S/C34H42N6O4/c1-20-30(36-40-18-24(14-29(44-4)31(20)40)34(42)37-12-6-8-26(35)19-37)28-13-23-7-5-9-27(32(23)39(28)15-22-10-11-22)25-16-38(17-25)33(41)21(2)43-3/h5,7,9,13-14,18,21-22,25-26H,6,8,10-12,15-17,19,35H2,1-4H3/t21-,26-/m1/s1. The minimum atomic E-state index is -0.430. The number of ether oxygens (including phenoxy) is 2. The summed E-state index contributed by atoms with van der Waals surface area (Å²) in [5.74, 6) is 1.54. The molecule has 3 aliphatic rings. The van der Waals surface area contributed by atoms with Crippen molar-refractivity contribution in [2.75, 3.05) is 40.4 Å². The molecule has 44 heavy (non-hydrogen) atoms. The fourth-order valence-electron chi connectivity index (χ4n) is 7.02. The number of rotatable bonds is 8. The van der Waals surface area contributed by atoms with Crippen molar-refractivity contribution in [2.45, 2.75) is 64.1 Å². The van der Waals surface area contributed by atoms with Crippen LogP contribution in [0.5, 0.6) is 5.75 Å². The number of nitrogens with two attached hydrogens (primary N) is 1. The minimum absolute atomic E-state index is 0.00701. The number of carbonyl (C=O) groups is 2. The average molecular weight is 599 g/mol. The minimum Gasteiger partial charge on any atom is -0.494 e. The van der Waals surface area contributed by atoms with Crippen LogP contribution in [0.3, 0.4) is 0 Å². The molecular weight excluding hydrogens is 556 g/mol. The van der Waals surface area contributed by atoms with Gasteiger partial charge in [0.05, 0.1) is 23.9 Å². The number of aryl methyl sites for hydroxylation is 1. The number of amides is 2. The molecule has 1 aromatic carbocycles. The molecule has 1 aliphatic carbocycles. The number of piperidine rings is 1. The number of likely N-dealkylation sites (tertiary alicyclic amines) is 2. The fourth-order valence-corrected chi connectivity index (χ4v) is 7.02. The maximum Gasteiger partial charge on any atom is 0.255 e. The molecule has 2 atom stereocenters. The van der Waals surface area contributed by atoms with E-state index in [0.717, 1.165) is 41.9 Å². The van der Waals surface area contributed by atoms with Crippen LogP contribution in [0.15, 0.2) is 36.5 Å². The van der Waals surface area contributed by atoms with Gasteiger partial charge in [-0.2, -0.15) is 5.10 Å². The summed E-state index contributed by atoms with van der Waals surface area (Å²) in [6, 6.07) is 10.6. The smallest absolute Gasteiger partial charge is 0.255 e. The van der Waals surface area contributed by atoms with Gasteiger partial charge in [-0.1, -0.05) is 18.2 Å². The largest absolute Gasteiger partial charge is 0.494 e. The Kier molecular flexibility index (Phi) is 7.37. The Balaban J connectivity index is 1.29. The second-order valence-electron chi connectivity index (χ2n) is 12.9. The molecule has 0 unspecified atom stereocenters. The summed E-state index contributed by atoms with van der Waals surface area (Å²) in [4.78, 5) is 29.9. The van der Waals surface area contributed by atoms with Crippen LogP contribution in [0.4, 0.5) is 0 Å². The van der Waals surface area contributed by atoms with Crippen molar-refractivity contribution in [3.05, 3.63) is 53.2 Å². The Labute approximate surface area is 257 Å². The summed E-state index contributed by atoms with van der Waals surface area (Å²) in [5.41, 5.74) is 13.0. The van der Waals surface area contributed by atoms with Crippen molar-refractivity contribution in [2.24, 2.45) is 11.7 Å². The fraction of sp³-hybridized carbons (Fsp3) is 0.500. The van der Waals surface area contributed by atoms with Gasteiger partial charge in [-0.3, -0.25) is 9.59 Å². The van der Waals surface area contributed by atoms with Gasteiger partial charge in [0.25, 0.3) is 11.8 Å². The number of nitrogens with zero attached hydrogens (tertiary/aromatic N) is 5. The first kappa shape index (κ1) is 28.9. The lowest BCUT2D eigenvalue weighted by Crippen LogP contribution is -2.52. The molecule has 0 spiro atoms. The summed E-state index contributed by atoms with van der Waals surface area (Å²) in [7, 11) is 3.22. The van der Waals surface area contributed by atoms with E-state index in [1.165, 1.54) is 29.3 Å². The Hall–Kier alpha value is -3.89. The molecule has 7 rings (SSSR count). The van der Waals surface area contributed by atoms with E-state index in [4.69, 9.17) is 20.3 Å².